The van der Waals surface area contributed by atoms with Crippen LogP contribution in [0.3, 0.4) is 0 Å². The zero-order valence-corrected chi connectivity index (χ0v) is 6.53. The number of nitrogens with zero attached hydrogens (tertiary/aromatic N) is 1. The molecule has 0 aromatic rings. The van der Waals surface area contributed by atoms with E-state index in [1.165, 1.54) is 0 Å². The Balaban J connectivity index is 3.85. The van der Waals surface area contributed by atoms with Crippen LogP contribution in [0.25, 0.3) is 0 Å². The van der Waals surface area contributed by atoms with Gasteiger partial charge >= 0.3 is 5.97 Å². The van der Waals surface area contributed by atoms with Gasteiger partial charge in [-0.3, -0.25) is 4.79 Å². The van der Waals surface area contributed by atoms with Gasteiger partial charge in [0.1, 0.15) is 6.42 Å². The van der Waals surface area contributed by atoms with E-state index >= 15 is 0 Å². The van der Waals surface area contributed by atoms with Crippen molar-refractivity contribution in [1.29, 1.82) is 0 Å². The molecule has 0 aliphatic rings. The van der Waals surface area contributed by atoms with Crippen LogP contribution in [0.1, 0.15) is 6.42 Å². The highest BCUT2D eigenvalue weighted by molar-refractivity contribution is 5.66. The molecular formula is C6H14NO3+. The minimum Gasteiger partial charge on any atom is -0.481 e. The first-order valence-corrected chi connectivity index (χ1v) is 3.05. The Kier molecular flexibility index (Phi) is 2.80. The van der Waals surface area contributed by atoms with Crippen molar-refractivity contribution in [2.24, 2.45) is 0 Å². The molecule has 4 nitrogen and oxygen atoms in total. The van der Waals surface area contributed by atoms with Crippen molar-refractivity contribution in [3.8, 4) is 0 Å². The van der Waals surface area contributed by atoms with E-state index in [9.17, 15) is 4.79 Å². The van der Waals surface area contributed by atoms with Gasteiger partial charge in [-0.25, -0.2) is 0 Å². The van der Waals surface area contributed by atoms with Gasteiger partial charge < -0.3 is 14.7 Å². The van der Waals surface area contributed by atoms with Gasteiger partial charge in [-0.05, 0) is 0 Å². The van der Waals surface area contributed by atoms with Crippen LogP contribution in [0.2, 0.25) is 0 Å². The van der Waals surface area contributed by atoms with Crippen molar-refractivity contribution in [3.63, 3.8) is 0 Å². The number of aliphatic hydroxyl groups is 1. The van der Waals surface area contributed by atoms with Gasteiger partial charge in [-0.2, -0.15) is 0 Å². The van der Waals surface area contributed by atoms with Gasteiger partial charge in [-0.1, -0.05) is 0 Å². The van der Waals surface area contributed by atoms with Gasteiger partial charge in [0.15, 0.2) is 0 Å². The van der Waals surface area contributed by atoms with E-state index in [4.69, 9.17) is 10.2 Å². The van der Waals surface area contributed by atoms with E-state index in [-0.39, 0.29) is 10.9 Å². The average molecular weight is 148 g/mol. The molecule has 0 aromatic carbocycles. The molecule has 1 atom stereocenters. The number of carboxylic acids is 1. The Labute approximate surface area is 60.3 Å². The topological polar surface area (TPSA) is 57.5 Å². The quantitative estimate of drug-likeness (QED) is 0.418. The summed E-state index contributed by atoms with van der Waals surface area (Å²) in [5, 5.41) is 17.4. The molecule has 0 saturated carbocycles. The fourth-order valence-electron chi connectivity index (χ4n) is 0.430. The second-order valence-electron chi connectivity index (χ2n) is 3.19. The Morgan fingerprint density at radius 3 is 2.00 bits per heavy atom. The summed E-state index contributed by atoms with van der Waals surface area (Å²) in [5.41, 5.74) is 0. The van der Waals surface area contributed by atoms with E-state index in [2.05, 4.69) is 0 Å². The molecule has 0 amide bonds. The van der Waals surface area contributed by atoms with Crippen molar-refractivity contribution in [3.05, 3.63) is 0 Å². The van der Waals surface area contributed by atoms with E-state index in [0.29, 0.717) is 0 Å². The fraction of sp³-hybridized carbons (Fsp3) is 0.833. The first-order valence-electron chi connectivity index (χ1n) is 3.05. The largest absolute Gasteiger partial charge is 0.481 e. The summed E-state index contributed by atoms with van der Waals surface area (Å²) in [6.45, 7) is 0. The lowest BCUT2D eigenvalue weighted by Crippen LogP contribution is -2.46. The van der Waals surface area contributed by atoms with Crippen LogP contribution in [0.5, 0.6) is 0 Å². The predicted molar refractivity (Wildman–Crippen MR) is 36.3 cm³/mol. The van der Waals surface area contributed by atoms with Gasteiger partial charge in [-0.15, -0.1) is 0 Å². The van der Waals surface area contributed by atoms with E-state index in [1.807, 2.05) is 0 Å². The maximum absolute atomic E-state index is 10.1. The van der Waals surface area contributed by atoms with Crippen molar-refractivity contribution in [1.82, 2.24) is 0 Å². The number of carbonyl (C=O) groups is 1. The van der Waals surface area contributed by atoms with Crippen molar-refractivity contribution in [2.75, 3.05) is 21.1 Å². The Bertz CT molecular complexity index is 127. The fourth-order valence-corrected chi connectivity index (χ4v) is 0.430. The van der Waals surface area contributed by atoms with Crippen LogP contribution in [-0.2, 0) is 4.79 Å². The van der Waals surface area contributed by atoms with Gasteiger partial charge in [0.2, 0.25) is 6.23 Å². The zero-order chi connectivity index (χ0) is 8.36. The van der Waals surface area contributed by atoms with Crippen molar-refractivity contribution in [2.45, 2.75) is 12.6 Å². The molecule has 0 aliphatic heterocycles. The van der Waals surface area contributed by atoms with Crippen LogP contribution in [0, 0.1) is 0 Å². The van der Waals surface area contributed by atoms with E-state index in [1.54, 1.807) is 21.1 Å². The third-order valence-corrected chi connectivity index (χ3v) is 1.25. The minimum atomic E-state index is -0.972. The molecule has 2 N–H and O–H groups in total. The molecule has 0 radical (unpaired) electrons. The predicted octanol–water partition coefficient (Wildman–Crippen LogP) is -0.514. The third-order valence-electron chi connectivity index (χ3n) is 1.25. The molecule has 60 valence electrons. The normalized spacial score (nSPS) is 14.8. The lowest BCUT2D eigenvalue weighted by Gasteiger charge is -2.28. The van der Waals surface area contributed by atoms with Crippen molar-refractivity contribution < 1.29 is 19.5 Å². The summed E-state index contributed by atoms with van der Waals surface area (Å²) < 4.78 is 0.256. The molecule has 0 aromatic heterocycles. The van der Waals surface area contributed by atoms with E-state index < -0.39 is 12.2 Å². The van der Waals surface area contributed by atoms with Crippen LogP contribution in [-0.4, -0.2) is 48.0 Å². The van der Waals surface area contributed by atoms with Crippen LogP contribution in [0.15, 0.2) is 0 Å². The number of quaternary nitrogens is 1. The minimum absolute atomic E-state index is 0.205. The standard InChI is InChI=1S/C6H13NO3/c1-7(2,3)5(8)4-6(9)10/h5,8H,4H2,1-3H3/p+1. The molecule has 0 rings (SSSR count). The van der Waals surface area contributed by atoms with Crippen LogP contribution < -0.4 is 0 Å². The number of carboxylic acid groups (broad SMARTS) is 1. The molecule has 10 heavy (non-hydrogen) atoms. The molecule has 4 heteroatoms. The lowest BCUT2D eigenvalue weighted by molar-refractivity contribution is -0.918. The number of hydrogen-bond acceptors (Lipinski definition) is 2. The molecule has 0 saturated heterocycles. The molecule has 0 spiro atoms. The SMILES string of the molecule is C[N+](C)(C)C(O)CC(=O)O. The maximum Gasteiger partial charge on any atom is 0.312 e. The first kappa shape index (κ1) is 9.39. The average Bonchev–Trinajstić information content (AvgIpc) is 1.60. The highest BCUT2D eigenvalue weighted by Crippen LogP contribution is 2.02. The molecular weight excluding hydrogens is 134 g/mol. The second-order valence-corrected chi connectivity index (χ2v) is 3.19. The monoisotopic (exact) mass is 148 g/mol. The molecule has 1 unspecified atom stereocenters. The number of rotatable bonds is 3. The Morgan fingerprint density at radius 1 is 1.50 bits per heavy atom. The number of aliphatic hydroxyl groups excluding tert-OH is 1. The molecule has 0 bridgehead atoms. The lowest BCUT2D eigenvalue weighted by atomic mass is 10.3. The first-order chi connectivity index (χ1) is 4.34. The van der Waals surface area contributed by atoms with Crippen LogP contribution >= 0.6 is 0 Å². The Morgan fingerprint density at radius 2 is 1.90 bits per heavy atom. The Hall–Kier alpha value is -0.610. The molecule has 0 fully saturated rings. The van der Waals surface area contributed by atoms with Crippen molar-refractivity contribution >= 4 is 5.97 Å². The summed E-state index contributed by atoms with van der Waals surface area (Å²) in [4.78, 5) is 10.1. The van der Waals surface area contributed by atoms with Gasteiger partial charge in [0.25, 0.3) is 0 Å². The number of aliphatic carboxylic acids is 1. The molecule has 0 aliphatic carbocycles. The number of hydrogen-bond donors (Lipinski definition) is 2. The zero-order valence-electron chi connectivity index (χ0n) is 6.53. The van der Waals surface area contributed by atoms with Gasteiger partial charge in [0.05, 0.1) is 21.1 Å². The third kappa shape index (κ3) is 3.42. The summed E-state index contributed by atoms with van der Waals surface area (Å²) in [6, 6.07) is 0. The highest BCUT2D eigenvalue weighted by Gasteiger charge is 2.22. The molecule has 0 heterocycles. The van der Waals surface area contributed by atoms with E-state index in [0.717, 1.165) is 0 Å². The second kappa shape index (κ2) is 2.98. The van der Waals surface area contributed by atoms with Crippen LogP contribution in [0.4, 0.5) is 0 Å². The highest BCUT2D eigenvalue weighted by atomic mass is 16.4. The van der Waals surface area contributed by atoms with Gasteiger partial charge in [0, 0.05) is 0 Å². The maximum atomic E-state index is 10.1. The summed E-state index contributed by atoms with van der Waals surface area (Å²) in [7, 11) is 5.23. The summed E-state index contributed by atoms with van der Waals surface area (Å²) >= 11 is 0. The summed E-state index contributed by atoms with van der Waals surface area (Å²) in [5.74, 6) is -0.972. The summed E-state index contributed by atoms with van der Waals surface area (Å²) in [6.07, 6.45) is -1.03. The smallest absolute Gasteiger partial charge is 0.312 e.